The maximum absolute atomic E-state index is 11.8. The predicted molar refractivity (Wildman–Crippen MR) is 89.4 cm³/mol. The summed E-state index contributed by atoms with van der Waals surface area (Å²) in [5, 5.41) is 0.118. The first-order chi connectivity index (χ1) is 10.5. The van der Waals surface area contributed by atoms with Gasteiger partial charge in [0.05, 0.1) is 17.9 Å². The number of esters is 1. The number of rotatable bonds is 7. The minimum absolute atomic E-state index is 0.118. The fourth-order valence-electron chi connectivity index (χ4n) is 2.41. The molecule has 0 amide bonds. The zero-order valence-corrected chi connectivity index (χ0v) is 14.7. The molecule has 0 bridgehead atoms. The van der Waals surface area contributed by atoms with Gasteiger partial charge in [-0.15, -0.1) is 0 Å². The molecule has 0 aliphatic heterocycles. The lowest BCUT2D eigenvalue weighted by atomic mass is 10.00. The van der Waals surface area contributed by atoms with Crippen LogP contribution in [0.3, 0.4) is 0 Å². The van der Waals surface area contributed by atoms with Crippen molar-refractivity contribution < 1.29 is 19.0 Å². The van der Waals surface area contributed by atoms with Crippen LogP contribution in [0.4, 0.5) is 0 Å². The lowest BCUT2D eigenvalue weighted by Crippen LogP contribution is -2.28. The molecule has 1 aliphatic carbocycles. The molecule has 6 heteroatoms. The zero-order valence-electron chi connectivity index (χ0n) is 13.8. The molecule has 22 heavy (non-hydrogen) atoms. The van der Waals surface area contributed by atoms with Gasteiger partial charge in [-0.3, -0.25) is 0 Å². The van der Waals surface area contributed by atoms with Crippen molar-refractivity contribution in [2.75, 3.05) is 27.6 Å². The summed E-state index contributed by atoms with van der Waals surface area (Å²) in [4.78, 5) is 11.8. The molecule has 0 fully saturated rings. The Kier molecular flexibility index (Phi) is 7.72. The summed E-state index contributed by atoms with van der Waals surface area (Å²) in [7, 11) is 4.62. The molecule has 0 aromatic heterocycles. The van der Waals surface area contributed by atoms with E-state index >= 15 is 0 Å². The van der Waals surface area contributed by atoms with Crippen LogP contribution in [0.15, 0.2) is 34.6 Å². The van der Waals surface area contributed by atoms with Gasteiger partial charge in [-0.05, 0) is 37.2 Å². The molecule has 1 atom stereocenters. The topological polar surface area (TPSA) is 70.8 Å². The Bertz CT molecular complexity index is 492. The van der Waals surface area contributed by atoms with Crippen molar-refractivity contribution in [1.82, 2.24) is 0 Å². The minimum Gasteiger partial charge on any atom is -0.465 e. The molecule has 0 heterocycles. The van der Waals surface area contributed by atoms with Crippen LogP contribution in [-0.4, -0.2) is 45.1 Å². The summed E-state index contributed by atoms with van der Waals surface area (Å²) in [6, 6.07) is 0. The van der Waals surface area contributed by atoms with Crippen molar-refractivity contribution in [1.29, 1.82) is 0 Å². The summed E-state index contributed by atoms with van der Waals surface area (Å²) >= 11 is 1.66. The number of hydrogen-bond acceptors (Lipinski definition) is 6. The first-order valence-corrected chi connectivity index (χ1v) is 8.31. The molecule has 5 nitrogen and oxygen atoms in total. The first-order valence-electron chi connectivity index (χ1n) is 7.03. The van der Waals surface area contributed by atoms with Crippen molar-refractivity contribution in [3.63, 3.8) is 0 Å². The molecule has 124 valence electrons. The minimum atomic E-state index is -0.358. The highest BCUT2D eigenvalue weighted by Gasteiger charge is 2.24. The van der Waals surface area contributed by atoms with Gasteiger partial charge in [0, 0.05) is 19.9 Å². The second-order valence-corrected chi connectivity index (χ2v) is 6.01. The summed E-state index contributed by atoms with van der Waals surface area (Å²) < 4.78 is 15.5. The first kappa shape index (κ1) is 18.8. The molecule has 0 aromatic rings. The number of allylic oxidation sites excluding steroid dienone is 3. The van der Waals surface area contributed by atoms with E-state index in [0.29, 0.717) is 24.1 Å². The van der Waals surface area contributed by atoms with Gasteiger partial charge in [0.2, 0.25) is 0 Å². The summed E-state index contributed by atoms with van der Waals surface area (Å²) in [5.74, 6) is -0.358. The average molecular weight is 327 g/mol. The Morgan fingerprint density at radius 2 is 1.95 bits per heavy atom. The molecule has 0 radical (unpaired) electrons. The fraction of sp³-hybridized carbons (Fsp3) is 0.562. The number of nitrogens with two attached hydrogens (primary N) is 1. The highest BCUT2D eigenvalue weighted by molar-refractivity contribution is 7.99. The molecule has 0 aromatic carbocycles. The molecule has 1 rings (SSSR count). The normalized spacial score (nSPS) is 17.0. The lowest BCUT2D eigenvalue weighted by molar-refractivity contribution is -0.135. The van der Waals surface area contributed by atoms with Crippen molar-refractivity contribution in [2.24, 2.45) is 5.73 Å². The smallest absolute Gasteiger partial charge is 0.337 e. The third-order valence-electron chi connectivity index (χ3n) is 3.74. The van der Waals surface area contributed by atoms with Gasteiger partial charge in [-0.25, -0.2) is 4.79 Å². The maximum Gasteiger partial charge on any atom is 0.337 e. The Morgan fingerprint density at radius 1 is 1.32 bits per heavy atom. The molecular formula is C16H25NO4S. The van der Waals surface area contributed by atoms with Gasteiger partial charge in [-0.1, -0.05) is 12.2 Å². The van der Waals surface area contributed by atoms with Crippen LogP contribution >= 0.6 is 11.8 Å². The number of thioether (sulfide) groups is 1. The average Bonchev–Trinajstić information content (AvgIpc) is 2.67. The van der Waals surface area contributed by atoms with E-state index in [1.54, 1.807) is 26.0 Å². The van der Waals surface area contributed by atoms with Crippen LogP contribution in [0, 0.1) is 0 Å². The fourth-order valence-corrected chi connectivity index (χ4v) is 3.21. The van der Waals surface area contributed by atoms with E-state index in [4.69, 9.17) is 19.9 Å². The van der Waals surface area contributed by atoms with Gasteiger partial charge in [-0.2, -0.15) is 11.8 Å². The van der Waals surface area contributed by atoms with E-state index in [9.17, 15) is 4.79 Å². The Balaban J connectivity index is 3.00. The van der Waals surface area contributed by atoms with Crippen LogP contribution in [-0.2, 0) is 19.0 Å². The van der Waals surface area contributed by atoms with E-state index in [0.717, 1.165) is 11.1 Å². The van der Waals surface area contributed by atoms with E-state index in [1.807, 2.05) is 25.3 Å². The predicted octanol–water partition coefficient (Wildman–Crippen LogP) is 2.39. The van der Waals surface area contributed by atoms with Crippen LogP contribution in [0.1, 0.15) is 19.8 Å². The largest absolute Gasteiger partial charge is 0.465 e. The molecule has 0 saturated carbocycles. The third-order valence-corrected chi connectivity index (χ3v) is 4.73. The molecule has 0 spiro atoms. The second kappa shape index (κ2) is 9.02. The standard InChI is InChI=1S/C16H25NO4S/c1-10-12(15(18)19-2)8-6-7-11(14(10)17)9-13(22-5)16(20-3)21-4/h7-8,13,16H,6,9,17H2,1-5H3. The summed E-state index contributed by atoms with van der Waals surface area (Å²) in [5.41, 5.74) is 9.17. The summed E-state index contributed by atoms with van der Waals surface area (Å²) in [6.07, 6.45) is 6.94. The van der Waals surface area contributed by atoms with Gasteiger partial charge < -0.3 is 19.9 Å². The van der Waals surface area contributed by atoms with Gasteiger partial charge in [0.1, 0.15) is 0 Å². The number of carbonyl (C=O) groups is 1. The lowest BCUT2D eigenvalue weighted by Gasteiger charge is -2.24. The summed E-state index contributed by atoms with van der Waals surface area (Å²) in [6.45, 7) is 1.84. The van der Waals surface area contributed by atoms with E-state index in [1.165, 1.54) is 7.11 Å². The van der Waals surface area contributed by atoms with E-state index < -0.39 is 0 Å². The molecule has 2 N–H and O–H groups in total. The van der Waals surface area contributed by atoms with Crippen molar-refractivity contribution in [3.8, 4) is 0 Å². The number of ether oxygens (including phenoxy) is 3. The van der Waals surface area contributed by atoms with Crippen LogP contribution in [0.25, 0.3) is 0 Å². The number of methoxy groups -OCH3 is 3. The number of hydrogen-bond donors (Lipinski definition) is 1. The SMILES string of the molecule is COC(=O)C1=CCC=C(CC(SC)C(OC)OC)C(N)=C1C. The third kappa shape index (κ3) is 4.38. The van der Waals surface area contributed by atoms with Crippen LogP contribution in [0.5, 0.6) is 0 Å². The van der Waals surface area contributed by atoms with E-state index in [2.05, 4.69) is 0 Å². The van der Waals surface area contributed by atoms with Crippen molar-refractivity contribution in [3.05, 3.63) is 34.6 Å². The van der Waals surface area contributed by atoms with Gasteiger partial charge in [0.15, 0.2) is 6.29 Å². The van der Waals surface area contributed by atoms with Gasteiger partial charge in [0.25, 0.3) is 0 Å². The maximum atomic E-state index is 11.8. The van der Waals surface area contributed by atoms with Crippen LogP contribution < -0.4 is 5.73 Å². The Morgan fingerprint density at radius 3 is 2.45 bits per heavy atom. The van der Waals surface area contributed by atoms with Crippen molar-refractivity contribution >= 4 is 17.7 Å². The zero-order chi connectivity index (χ0) is 16.7. The molecule has 1 aliphatic rings. The monoisotopic (exact) mass is 327 g/mol. The molecular weight excluding hydrogens is 302 g/mol. The highest BCUT2D eigenvalue weighted by Crippen LogP contribution is 2.30. The van der Waals surface area contributed by atoms with Crippen molar-refractivity contribution in [2.45, 2.75) is 31.3 Å². The Labute approximate surface area is 136 Å². The van der Waals surface area contributed by atoms with Crippen LogP contribution in [0.2, 0.25) is 0 Å². The second-order valence-electron chi connectivity index (χ2n) is 4.93. The highest BCUT2D eigenvalue weighted by atomic mass is 32.2. The number of carbonyl (C=O) groups excluding carboxylic acids is 1. The molecule has 0 saturated heterocycles. The van der Waals surface area contributed by atoms with E-state index in [-0.39, 0.29) is 17.5 Å². The van der Waals surface area contributed by atoms with Gasteiger partial charge >= 0.3 is 5.97 Å². The Hall–Kier alpha value is -1.24. The molecule has 1 unspecified atom stereocenters. The quantitative estimate of drug-likeness (QED) is 0.572.